The van der Waals surface area contributed by atoms with Crippen LogP contribution >= 0.6 is 0 Å². The molecule has 3 heterocycles. The molecule has 2 bridgehead atoms. The average molecular weight is 168 g/mol. The van der Waals surface area contributed by atoms with Crippen molar-refractivity contribution in [2.24, 2.45) is 17.8 Å². The fraction of sp³-hybridized carbons (Fsp3) is 0.889. The van der Waals surface area contributed by atoms with Gasteiger partial charge in [0.25, 0.3) is 0 Å². The Balaban J connectivity index is 1.94. The Morgan fingerprint density at radius 2 is 2.00 bits per heavy atom. The number of rotatable bonds is 0. The molecular weight excluding hydrogens is 156 g/mol. The largest absolute Gasteiger partial charge is 0.462 e. The third-order valence-electron chi connectivity index (χ3n) is 3.50. The topological polar surface area (TPSA) is 35.5 Å². The van der Waals surface area contributed by atoms with Gasteiger partial charge in [0.1, 0.15) is 6.10 Å². The Morgan fingerprint density at radius 3 is 2.83 bits per heavy atom. The van der Waals surface area contributed by atoms with Crippen LogP contribution in [0.3, 0.4) is 0 Å². The van der Waals surface area contributed by atoms with Crippen LogP contribution < -0.4 is 0 Å². The van der Waals surface area contributed by atoms with Crippen LogP contribution in [-0.4, -0.2) is 25.3 Å². The van der Waals surface area contributed by atoms with Crippen LogP contribution in [0.4, 0.5) is 0 Å². The van der Waals surface area contributed by atoms with Gasteiger partial charge in [0.2, 0.25) is 0 Å². The average Bonchev–Trinajstić information content (AvgIpc) is 2.53. The van der Waals surface area contributed by atoms with Gasteiger partial charge in [0.05, 0.1) is 19.1 Å². The smallest absolute Gasteiger partial charge is 0.309 e. The van der Waals surface area contributed by atoms with Gasteiger partial charge >= 0.3 is 5.97 Å². The highest BCUT2D eigenvalue weighted by atomic mass is 16.6. The van der Waals surface area contributed by atoms with E-state index in [4.69, 9.17) is 9.47 Å². The van der Waals surface area contributed by atoms with Crippen molar-refractivity contribution in [2.45, 2.75) is 18.9 Å². The van der Waals surface area contributed by atoms with Crippen LogP contribution in [0.15, 0.2) is 0 Å². The lowest BCUT2D eigenvalue weighted by molar-refractivity contribution is -0.180. The number of esters is 1. The summed E-state index contributed by atoms with van der Waals surface area (Å²) in [4.78, 5) is 11.3. The van der Waals surface area contributed by atoms with Gasteiger partial charge in [0.15, 0.2) is 0 Å². The molecule has 0 aromatic rings. The molecule has 66 valence electrons. The van der Waals surface area contributed by atoms with E-state index in [1.54, 1.807) is 0 Å². The molecule has 12 heavy (non-hydrogen) atoms. The predicted molar refractivity (Wildman–Crippen MR) is 40.4 cm³/mol. The van der Waals surface area contributed by atoms with Crippen LogP contribution in [-0.2, 0) is 14.3 Å². The second kappa shape index (κ2) is 2.22. The summed E-state index contributed by atoms with van der Waals surface area (Å²) in [5, 5.41) is 0. The van der Waals surface area contributed by atoms with Crippen molar-refractivity contribution in [3.8, 4) is 0 Å². The van der Waals surface area contributed by atoms with Gasteiger partial charge in [-0.1, -0.05) is 0 Å². The number of hydrogen-bond donors (Lipinski definition) is 0. The Labute approximate surface area is 71.0 Å². The third-order valence-corrected chi connectivity index (χ3v) is 3.50. The highest BCUT2D eigenvalue weighted by Gasteiger charge is 2.52. The van der Waals surface area contributed by atoms with E-state index in [2.05, 4.69) is 0 Å². The van der Waals surface area contributed by atoms with Crippen LogP contribution in [0.1, 0.15) is 12.8 Å². The molecule has 0 aromatic heterocycles. The first-order valence-corrected chi connectivity index (χ1v) is 4.64. The van der Waals surface area contributed by atoms with E-state index < -0.39 is 0 Å². The van der Waals surface area contributed by atoms with Crippen LogP contribution in [0, 0.1) is 17.8 Å². The lowest BCUT2D eigenvalue weighted by Crippen LogP contribution is -2.49. The molecule has 0 spiro atoms. The first-order chi connectivity index (χ1) is 5.86. The van der Waals surface area contributed by atoms with E-state index in [1.165, 1.54) is 0 Å². The Morgan fingerprint density at radius 1 is 1.17 bits per heavy atom. The first kappa shape index (κ1) is 6.89. The molecule has 1 saturated carbocycles. The molecule has 4 aliphatic rings. The van der Waals surface area contributed by atoms with Gasteiger partial charge < -0.3 is 9.47 Å². The molecule has 0 aromatic carbocycles. The van der Waals surface area contributed by atoms with Crippen molar-refractivity contribution in [1.29, 1.82) is 0 Å². The van der Waals surface area contributed by atoms with Crippen molar-refractivity contribution >= 4 is 5.97 Å². The summed E-state index contributed by atoms with van der Waals surface area (Å²) in [5.74, 6) is 1.17. The zero-order valence-electron chi connectivity index (χ0n) is 6.86. The monoisotopic (exact) mass is 168 g/mol. The zero-order chi connectivity index (χ0) is 8.13. The highest BCUT2D eigenvalue weighted by Crippen LogP contribution is 2.45. The van der Waals surface area contributed by atoms with E-state index in [9.17, 15) is 4.79 Å². The van der Waals surface area contributed by atoms with E-state index in [1.807, 2.05) is 0 Å². The molecule has 4 rings (SSSR count). The SMILES string of the molecule is O=C1OC2CCC1C1COCC21. The van der Waals surface area contributed by atoms with Gasteiger partial charge in [-0.25, -0.2) is 0 Å². The molecule has 0 N–H and O–H groups in total. The fourth-order valence-electron chi connectivity index (χ4n) is 2.83. The summed E-state index contributed by atoms with van der Waals surface area (Å²) in [6, 6.07) is 0. The maximum absolute atomic E-state index is 11.3. The van der Waals surface area contributed by atoms with Crippen LogP contribution in [0.5, 0.6) is 0 Å². The van der Waals surface area contributed by atoms with Crippen molar-refractivity contribution in [3.05, 3.63) is 0 Å². The maximum atomic E-state index is 11.3. The minimum Gasteiger partial charge on any atom is -0.462 e. The quantitative estimate of drug-likeness (QED) is 0.496. The minimum absolute atomic E-state index is 0.0259. The molecule has 4 atom stereocenters. The molecule has 0 radical (unpaired) electrons. The molecule has 3 saturated heterocycles. The van der Waals surface area contributed by atoms with Crippen molar-refractivity contribution in [3.63, 3.8) is 0 Å². The van der Waals surface area contributed by atoms with Crippen LogP contribution in [0.2, 0.25) is 0 Å². The lowest BCUT2D eigenvalue weighted by atomic mass is 9.70. The second-order valence-electron chi connectivity index (χ2n) is 4.02. The van der Waals surface area contributed by atoms with Crippen molar-refractivity contribution in [1.82, 2.24) is 0 Å². The summed E-state index contributed by atoms with van der Waals surface area (Å²) in [6.07, 6.45) is 2.25. The maximum Gasteiger partial charge on any atom is 0.309 e. The summed E-state index contributed by atoms with van der Waals surface area (Å²) in [6.45, 7) is 1.58. The van der Waals surface area contributed by atoms with Gasteiger partial charge in [0, 0.05) is 11.8 Å². The van der Waals surface area contributed by atoms with Gasteiger partial charge in [-0.3, -0.25) is 4.79 Å². The summed E-state index contributed by atoms with van der Waals surface area (Å²) in [7, 11) is 0. The zero-order valence-corrected chi connectivity index (χ0v) is 6.86. The van der Waals surface area contributed by atoms with E-state index in [0.29, 0.717) is 11.8 Å². The molecule has 1 aliphatic carbocycles. The normalized spacial score (nSPS) is 50.5. The highest BCUT2D eigenvalue weighted by molar-refractivity contribution is 5.74. The van der Waals surface area contributed by atoms with Crippen molar-refractivity contribution < 1.29 is 14.3 Å². The minimum atomic E-state index is 0.0259. The van der Waals surface area contributed by atoms with Crippen LogP contribution in [0.25, 0.3) is 0 Å². The lowest BCUT2D eigenvalue weighted by Gasteiger charge is -2.42. The molecule has 4 unspecified atom stereocenters. The summed E-state index contributed by atoms with van der Waals surface area (Å²) >= 11 is 0. The molecule has 3 aliphatic heterocycles. The van der Waals surface area contributed by atoms with Gasteiger partial charge in [-0.2, -0.15) is 0 Å². The molecule has 4 fully saturated rings. The Bertz CT molecular complexity index is 226. The third kappa shape index (κ3) is 0.724. The number of hydrogen-bond acceptors (Lipinski definition) is 3. The molecular formula is C9H12O3. The first-order valence-electron chi connectivity index (χ1n) is 4.64. The van der Waals surface area contributed by atoms with Gasteiger partial charge in [-0.15, -0.1) is 0 Å². The second-order valence-corrected chi connectivity index (χ2v) is 4.02. The standard InChI is InChI=1S/C9H12O3/c10-9-5-1-2-8(12-9)7-4-11-3-6(5)7/h5-8H,1-4H2. The number of fused-ring (bicyclic) bond motifs is 2. The molecule has 0 amide bonds. The number of ether oxygens (including phenoxy) is 2. The Kier molecular flexibility index (Phi) is 1.28. The summed E-state index contributed by atoms with van der Waals surface area (Å²) < 4.78 is 10.7. The van der Waals surface area contributed by atoms with E-state index in [-0.39, 0.29) is 18.0 Å². The summed E-state index contributed by atoms with van der Waals surface area (Å²) in [5.41, 5.74) is 0. The fourth-order valence-corrected chi connectivity index (χ4v) is 2.83. The molecule has 3 heteroatoms. The van der Waals surface area contributed by atoms with E-state index >= 15 is 0 Å². The Hall–Kier alpha value is -0.570. The van der Waals surface area contributed by atoms with E-state index in [0.717, 1.165) is 26.1 Å². The van der Waals surface area contributed by atoms with Gasteiger partial charge in [-0.05, 0) is 12.8 Å². The number of carbonyl (C=O) groups is 1. The number of carbonyl (C=O) groups excluding carboxylic acids is 1. The predicted octanol–water partition coefficient (Wildman–Crippen LogP) is 0.584. The molecule has 3 nitrogen and oxygen atoms in total. The van der Waals surface area contributed by atoms with Crippen molar-refractivity contribution in [2.75, 3.05) is 13.2 Å².